The van der Waals surface area contributed by atoms with Gasteiger partial charge >= 0.3 is 5.97 Å². The van der Waals surface area contributed by atoms with Crippen molar-refractivity contribution in [2.75, 3.05) is 7.11 Å². The molecule has 5 nitrogen and oxygen atoms in total. The van der Waals surface area contributed by atoms with E-state index < -0.39 is 12.0 Å². The van der Waals surface area contributed by atoms with Gasteiger partial charge in [0.1, 0.15) is 6.04 Å². The fraction of sp³-hybridized carbons (Fsp3) is 0.385. The van der Waals surface area contributed by atoms with Crippen LogP contribution in [0.4, 0.5) is 0 Å². The molecule has 0 aliphatic carbocycles. The average Bonchev–Trinajstić information content (AvgIpc) is 2.36. The first-order valence-electron chi connectivity index (χ1n) is 5.70. The molecule has 0 saturated heterocycles. The molecule has 98 valence electrons. The molecule has 1 aromatic rings. The molecule has 0 aliphatic heterocycles. The highest BCUT2D eigenvalue weighted by molar-refractivity contribution is 5.96. The Morgan fingerprint density at radius 1 is 1.44 bits per heavy atom. The van der Waals surface area contributed by atoms with Crippen molar-refractivity contribution in [2.24, 2.45) is 0 Å². The molecule has 1 aromatic carbocycles. The fourth-order valence-electron chi connectivity index (χ4n) is 1.55. The summed E-state index contributed by atoms with van der Waals surface area (Å²) in [5.41, 5.74) is 1.30. The van der Waals surface area contributed by atoms with E-state index in [0.29, 0.717) is 18.6 Å². The van der Waals surface area contributed by atoms with Gasteiger partial charge in [-0.25, -0.2) is 4.79 Å². The third-order valence-corrected chi connectivity index (χ3v) is 2.51. The number of methoxy groups -OCH3 is 1. The molecule has 5 heteroatoms. The smallest absolute Gasteiger partial charge is 0.326 e. The van der Waals surface area contributed by atoms with Crippen LogP contribution in [0.5, 0.6) is 0 Å². The molecule has 1 amide bonds. The second-order valence-electron chi connectivity index (χ2n) is 3.91. The monoisotopic (exact) mass is 251 g/mol. The van der Waals surface area contributed by atoms with E-state index in [1.54, 1.807) is 32.2 Å². The van der Waals surface area contributed by atoms with E-state index >= 15 is 0 Å². The van der Waals surface area contributed by atoms with E-state index in [1.807, 2.05) is 6.07 Å². The number of amides is 1. The minimum absolute atomic E-state index is 0.346. The number of carbonyl (C=O) groups is 2. The number of hydrogen-bond acceptors (Lipinski definition) is 3. The quantitative estimate of drug-likeness (QED) is 0.802. The van der Waals surface area contributed by atoms with Crippen LogP contribution in [-0.2, 0) is 16.1 Å². The lowest BCUT2D eigenvalue weighted by atomic mass is 10.1. The minimum Gasteiger partial charge on any atom is -0.480 e. The molecule has 0 bridgehead atoms. The molecule has 0 fully saturated rings. The second kappa shape index (κ2) is 6.76. The lowest BCUT2D eigenvalue weighted by molar-refractivity contribution is -0.139. The summed E-state index contributed by atoms with van der Waals surface area (Å²) in [7, 11) is 1.57. The number of benzene rings is 1. The maximum Gasteiger partial charge on any atom is 0.326 e. The summed E-state index contributed by atoms with van der Waals surface area (Å²) in [6, 6.07) is 6.06. The van der Waals surface area contributed by atoms with Crippen molar-refractivity contribution in [1.82, 2.24) is 5.32 Å². The number of rotatable bonds is 6. The lowest BCUT2D eigenvalue weighted by Crippen LogP contribution is -2.40. The first kappa shape index (κ1) is 14.2. The number of carboxylic acid groups (broad SMARTS) is 1. The fourth-order valence-corrected chi connectivity index (χ4v) is 1.55. The maximum atomic E-state index is 11.9. The van der Waals surface area contributed by atoms with Gasteiger partial charge in [-0.3, -0.25) is 4.79 Å². The highest BCUT2D eigenvalue weighted by Crippen LogP contribution is 2.07. The van der Waals surface area contributed by atoms with Crippen LogP contribution in [0.2, 0.25) is 0 Å². The highest BCUT2D eigenvalue weighted by Gasteiger charge is 2.18. The number of aliphatic carboxylic acids is 1. The van der Waals surface area contributed by atoms with Gasteiger partial charge in [-0.2, -0.15) is 0 Å². The van der Waals surface area contributed by atoms with Crippen molar-refractivity contribution in [3.8, 4) is 0 Å². The van der Waals surface area contributed by atoms with Gasteiger partial charge in [0.25, 0.3) is 5.91 Å². The zero-order valence-electron chi connectivity index (χ0n) is 10.5. The molecule has 1 rings (SSSR count). The molecule has 0 unspecified atom stereocenters. The zero-order chi connectivity index (χ0) is 13.5. The molecule has 0 radical (unpaired) electrons. The molecule has 2 N–H and O–H groups in total. The van der Waals surface area contributed by atoms with E-state index in [2.05, 4.69) is 5.32 Å². The molecule has 0 spiro atoms. The first-order chi connectivity index (χ1) is 8.58. The van der Waals surface area contributed by atoms with E-state index in [0.717, 1.165) is 5.56 Å². The minimum atomic E-state index is -1.03. The summed E-state index contributed by atoms with van der Waals surface area (Å²) in [6.07, 6.45) is 0.346. The number of nitrogens with one attached hydrogen (secondary N) is 1. The molecule has 18 heavy (non-hydrogen) atoms. The second-order valence-corrected chi connectivity index (χ2v) is 3.91. The molecule has 1 atom stereocenters. The summed E-state index contributed by atoms with van der Waals surface area (Å²) in [4.78, 5) is 22.7. The van der Waals surface area contributed by atoms with E-state index in [4.69, 9.17) is 9.84 Å². The third kappa shape index (κ3) is 3.85. The van der Waals surface area contributed by atoms with Crippen molar-refractivity contribution in [3.05, 3.63) is 35.4 Å². The number of hydrogen-bond donors (Lipinski definition) is 2. The predicted octanol–water partition coefficient (Wildman–Crippen LogP) is 1.43. The van der Waals surface area contributed by atoms with Gasteiger partial charge in [0.15, 0.2) is 0 Å². The topological polar surface area (TPSA) is 75.6 Å². The van der Waals surface area contributed by atoms with Crippen LogP contribution in [0.15, 0.2) is 24.3 Å². The van der Waals surface area contributed by atoms with Crippen LogP contribution < -0.4 is 5.32 Å². The summed E-state index contributed by atoms with van der Waals surface area (Å²) in [5.74, 6) is -1.42. The van der Waals surface area contributed by atoms with Crippen molar-refractivity contribution >= 4 is 11.9 Å². The summed E-state index contributed by atoms with van der Waals surface area (Å²) < 4.78 is 4.98. The van der Waals surface area contributed by atoms with Gasteiger partial charge in [0.05, 0.1) is 6.61 Å². The van der Waals surface area contributed by atoms with Crippen LogP contribution in [0.3, 0.4) is 0 Å². The van der Waals surface area contributed by atoms with Gasteiger partial charge in [0, 0.05) is 12.7 Å². The average molecular weight is 251 g/mol. The largest absolute Gasteiger partial charge is 0.480 e. The van der Waals surface area contributed by atoms with Gasteiger partial charge in [-0.1, -0.05) is 19.1 Å². The Labute approximate surface area is 106 Å². The molecular formula is C13H17NO4. The highest BCUT2D eigenvalue weighted by atomic mass is 16.5. The van der Waals surface area contributed by atoms with Crippen molar-refractivity contribution in [2.45, 2.75) is 26.0 Å². The van der Waals surface area contributed by atoms with Crippen molar-refractivity contribution < 1.29 is 19.4 Å². The molecular weight excluding hydrogens is 234 g/mol. The Hall–Kier alpha value is -1.88. The van der Waals surface area contributed by atoms with E-state index in [-0.39, 0.29) is 5.91 Å². The number of carbonyl (C=O) groups excluding carboxylic acids is 1. The van der Waals surface area contributed by atoms with Gasteiger partial charge in [0.2, 0.25) is 0 Å². The predicted molar refractivity (Wildman–Crippen MR) is 66.3 cm³/mol. The molecule has 0 aromatic heterocycles. The lowest BCUT2D eigenvalue weighted by Gasteiger charge is -2.12. The first-order valence-corrected chi connectivity index (χ1v) is 5.70. The van der Waals surface area contributed by atoms with E-state index in [9.17, 15) is 9.59 Å². The Kier molecular flexibility index (Phi) is 5.32. The Morgan fingerprint density at radius 2 is 2.17 bits per heavy atom. The summed E-state index contributed by atoms with van der Waals surface area (Å²) >= 11 is 0. The van der Waals surface area contributed by atoms with Crippen LogP contribution in [0, 0.1) is 0 Å². The van der Waals surface area contributed by atoms with Crippen molar-refractivity contribution in [1.29, 1.82) is 0 Å². The van der Waals surface area contributed by atoms with Gasteiger partial charge in [-0.15, -0.1) is 0 Å². The van der Waals surface area contributed by atoms with Crippen LogP contribution in [0.25, 0.3) is 0 Å². The van der Waals surface area contributed by atoms with Crippen LogP contribution >= 0.6 is 0 Å². The van der Waals surface area contributed by atoms with E-state index in [1.165, 1.54) is 0 Å². The zero-order valence-corrected chi connectivity index (χ0v) is 10.5. The molecule has 0 heterocycles. The summed E-state index contributed by atoms with van der Waals surface area (Å²) in [6.45, 7) is 2.12. The summed E-state index contributed by atoms with van der Waals surface area (Å²) in [5, 5.41) is 11.3. The number of carboxylic acids is 1. The Balaban J connectivity index is 2.77. The SMILES string of the molecule is CC[C@@H](NC(=O)c1cccc(COC)c1)C(=O)O. The maximum absolute atomic E-state index is 11.9. The molecule has 0 saturated carbocycles. The Morgan fingerprint density at radius 3 is 2.72 bits per heavy atom. The standard InChI is InChI=1S/C13H17NO4/c1-3-11(13(16)17)14-12(15)10-6-4-5-9(7-10)8-18-2/h4-7,11H,3,8H2,1-2H3,(H,14,15)(H,16,17)/t11-/m1/s1. The normalized spacial score (nSPS) is 11.9. The van der Waals surface area contributed by atoms with Gasteiger partial charge < -0.3 is 15.2 Å². The van der Waals surface area contributed by atoms with Crippen LogP contribution in [0.1, 0.15) is 29.3 Å². The number of ether oxygens (including phenoxy) is 1. The van der Waals surface area contributed by atoms with Crippen LogP contribution in [-0.4, -0.2) is 30.1 Å². The van der Waals surface area contributed by atoms with Gasteiger partial charge in [-0.05, 0) is 24.1 Å². The van der Waals surface area contributed by atoms with Crippen molar-refractivity contribution in [3.63, 3.8) is 0 Å². The molecule has 0 aliphatic rings. The third-order valence-electron chi connectivity index (χ3n) is 2.51. The Bertz CT molecular complexity index is 431.